The van der Waals surface area contributed by atoms with Crippen LogP contribution in [0.4, 0.5) is 5.69 Å². The van der Waals surface area contributed by atoms with Crippen LogP contribution >= 0.6 is 0 Å². The fraction of sp³-hybridized carbons (Fsp3) is 0.350. The zero-order valence-electron chi connectivity index (χ0n) is 14.6. The predicted molar refractivity (Wildman–Crippen MR) is 96.6 cm³/mol. The van der Waals surface area contributed by atoms with E-state index in [1.54, 1.807) is 7.11 Å². The number of benzene rings is 2. The Balaban J connectivity index is 1.51. The molecule has 1 heterocycles. The summed E-state index contributed by atoms with van der Waals surface area (Å²) in [4.78, 5) is 14.4. The molecule has 2 aromatic rings. The van der Waals surface area contributed by atoms with Gasteiger partial charge in [0.2, 0.25) is 5.91 Å². The Morgan fingerprint density at radius 3 is 2.64 bits per heavy atom. The van der Waals surface area contributed by atoms with E-state index < -0.39 is 0 Å². The second-order valence-corrected chi connectivity index (χ2v) is 6.03. The second-order valence-electron chi connectivity index (χ2n) is 6.03. The number of nitrogens with zero attached hydrogens (tertiary/aromatic N) is 1. The molecule has 3 rings (SSSR count). The van der Waals surface area contributed by atoms with E-state index >= 15 is 0 Å². The van der Waals surface area contributed by atoms with E-state index in [4.69, 9.17) is 14.2 Å². The van der Waals surface area contributed by atoms with Gasteiger partial charge in [0.15, 0.2) is 0 Å². The van der Waals surface area contributed by atoms with Gasteiger partial charge in [0.25, 0.3) is 0 Å². The van der Waals surface area contributed by atoms with Gasteiger partial charge in [0, 0.05) is 6.42 Å². The molecule has 1 atom stereocenters. The van der Waals surface area contributed by atoms with Gasteiger partial charge in [-0.15, -0.1) is 0 Å². The van der Waals surface area contributed by atoms with Crippen LogP contribution in [0.3, 0.4) is 0 Å². The monoisotopic (exact) mass is 341 g/mol. The minimum atomic E-state index is -0.00519. The average Bonchev–Trinajstić information content (AvgIpc) is 2.64. The molecule has 1 amide bonds. The number of para-hydroxylation sites is 2. The summed E-state index contributed by atoms with van der Waals surface area (Å²) in [6, 6.07) is 15.1. The largest absolute Gasteiger partial charge is 0.497 e. The maximum atomic E-state index is 12.6. The first-order valence-corrected chi connectivity index (χ1v) is 8.50. The van der Waals surface area contributed by atoms with Crippen LogP contribution < -0.4 is 19.1 Å². The summed E-state index contributed by atoms with van der Waals surface area (Å²) in [5.41, 5.74) is 0.849. The molecule has 0 aliphatic carbocycles. The molecule has 2 aromatic carbocycles. The molecule has 1 aliphatic heterocycles. The highest BCUT2D eigenvalue weighted by atomic mass is 16.5. The lowest BCUT2D eigenvalue weighted by Crippen LogP contribution is -2.42. The highest BCUT2D eigenvalue weighted by Gasteiger charge is 2.26. The SMILES string of the molecule is COc1ccc(OCCCC(=O)N2CC(C)Oc3ccccc32)cc1. The Labute approximate surface area is 148 Å². The number of amides is 1. The van der Waals surface area contributed by atoms with E-state index in [2.05, 4.69) is 0 Å². The third-order valence-corrected chi connectivity index (χ3v) is 4.09. The molecule has 0 N–H and O–H groups in total. The van der Waals surface area contributed by atoms with Gasteiger partial charge in [-0.1, -0.05) is 12.1 Å². The van der Waals surface area contributed by atoms with Gasteiger partial charge in [-0.05, 0) is 49.7 Å². The van der Waals surface area contributed by atoms with Crippen molar-refractivity contribution in [2.45, 2.75) is 25.9 Å². The number of carbonyl (C=O) groups excluding carboxylic acids is 1. The van der Waals surface area contributed by atoms with Gasteiger partial charge in [-0.3, -0.25) is 4.79 Å². The maximum Gasteiger partial charge on any atom is 0.227 e. The van der Waals surface area contributed by atoms with Crippen molar-refractivity contribution in [3.05, 3.63) is 48.5 Å². The molecule has 0 aromatic heterocycles. The Hall–Kier alpha value is -2.69. The number of hydrogen-bond acceptors (Lipinski definition) is 4. The molecular weight excluding hydrogens is 318 g/mol. The van der Waals surface area contributed by atoms with Crippen molar-refractivity contribution >= 4 is 11.6 Å². The van der Waals surface area contributed by atoms with Gasteiger partial charge >= 0.3 is 0 Å². The fourth-order valence-electron chi connectivity index (χ4n) is 2.85. The summed E-state index contributed by atoms with van der Waals surface area (Å²) in [5, 5.41) is 0. The van der Waals surface area contributed by atoms with Crippen molar-refractivity contribution in [2.24, 2.45) is 0 Å². The number of carbonyl (C=O) groups is 1. The van der Waals surface area contributed by atoms with Crippen LogP contribution in [0, 0.1) is 0 Å². The molecule has 0 fully saturated rings. The van der Waals surface area contributed by atoms with Crippen LogP contribution in [-0.2, 0) is 4.79 Å². The number of methoxy groups -OCH3 is 1. The molecule has 0 saturated carbocycles. The summed E-state index contributed by atoms with van der Waals surface area (Å²) < 4.78 is 16.6. The number of rotatable bonds is 6. The lowest BCUT2D eigenvalue weighted by molar-refractivity contribution is -0.119. The standard InChI is InChI=1S/C20H23NO4/c1-15-14-21(18-6-3-4-7-19(18)25-15)20(22)8-5-13-24-17-11-9-16(23-2)10-12-17/h3-4,6-7,9-12,15H,5,8,13-14H2,1-2H3. The Bertz CT molecular complexity index is 714. The summed E-state index contributed by atoms with van der Waals surface area (Å²) in [6.45, 7) is 3.05. The third-order valence-electron chi connectivity index (χ3n) is 4.09. The molecule has 25 heavy (non-hydrogen) atoms. The Morgan fingerprint density at radius 2 is 1.88 bits per heavy atom. The Kier molecular flexibility index (Phi) is 5.43. The Morgan fingerprint density at radius 1 is 1.16 bits per heavy atom. The minimum absolute atomic E-state index is 0.00519. The summed E-state index contributed by atoms with van der Waals surface area (Å²) in [5.74, 6) is 2.44. The molecule has 5 heteroatoms. The number of hydrogen-bond donors (Lipinski definition) is 0. The van der Waals surface area contributed by atoms with Crippen molar-refractivity contribution in [1.82, 2.24) is 0 Å². The highest BCUT2D eigenvalue weighted by Crippen LogP contribution is 2.33. The van der Waals surface area contributed by atoms with Gasteiger partial charge in [-0.25, -0.2) is 0 Å². The van der Waals surface area contributed by atoms with Crippen LogP contribution in [0.1, 0.15) is 19.8 Å². The van der Waals surface area contributed by atoms with Gasteiger partial charge in [-0.2, -0.15) is 0 Å². The maximum absolute atomic E-state index is 12.6. The van der Waals surface area contributed by atoms with E-state index in [0.717, 1.165) is 22.9 Å². The molecular formula is C20H23NO4. The van der Waals surface area contributed by atoms with Crippen LogP contribution in [0.25, 0.3) is 0 Å². The first-order chi connectivity index (χ1) is 12.2. The number of ether oxygens (including phenoxy) is 3. The molecule has 1 unspecified atom stereocenters. The summed E-state index contributed by atoms with van der Waals surface area (Å²) in [7, 11) is 1.63. The van der Waals surface area contributed by atoms with Crippen LogP contribution in [0.5, 0.6) is 17.2 Å². The second kappa shape index (κ2) is 7.92. The topological polar surface area (TPSA) is 48.0 Å². The first kappa shape index (κ1) is 17.1. The van der Waals surface area contributed by atoms with E-state index in [0.29, 0.717) is 26.0 Å². The molecule has 5 nitrogen and oxygen atoms in total. The van der Waals surface area contributed by atoms with E-state index in [9.17, 15) is 4.79 Å². The summed E-state index contributed by atoms with van der Waals surface area (Å²) in [6.07, 6.45) is 1.10. The number of anilines is 1. The van der Waals surface area contributed by atoms with Gasteiger partial charge in [0.05, 0.1) is 25.9 Å². The molecule has 0 radical (unpaired) electrons. The molecule has 0 spiro atoms. The van der Waals surface area contributed by atoms with E-state index in [-0.39, 0.29) is 12.0 Å². The normalized spacial score (nSPS) is 15.9. The lowest BCUT2D eigenvalue weighted by Gasteiger charge is -2.33. The van der Waals surface area contributed by atoms with Gasteiger partial charge < -0.3 is 19.1 Å². The van der Waals surface area contributed by atoms with Crippen molar-refractivity contribution in [2.75, 3.05) is 25.2 Å². The molecule has 1 aliphatic rings. The zero-order valence-corrected chi connectivity index (χ0v) is 14.6. The average molecular weight is 341 g/mol. The van der Waals surface area contributed by atoms with E-state index in [1.807, 2.05) is 60.4 Å². The smallest absolute Gasteiger partial charge is 0.227 e. The van der Waals surface area contributed by atoms with Crippen molar-refractivity contribution in [1.29, 1.82) is 0 Å². The van der Waals surface area contributed by atoms with E-state index in [1.165, 1.54) is 0 Å². The van der Waals surface area contributed by atoms with Crippen LogP contribution in [-0.4, -0.2) is 32.3 Å². The fourth-order valence-corrected chi connectivity index (χ4v) is 2.85. The van der Waals surface area contributed by atoms with Crippen molar-refractivity contribution < 1.29 is 19.0 Å². The van der Waals surface area contributed by atoms with Crippen LogP contribution in [0.2, 0.25) is 0 Å². The zero-order chi connectivity index (χ0) is 17.6. The van der Waals surface area contributed by atoms with Crippen molar-refractivity contribution in [3.63, 3.8) is 0 Å². The summed E-state index contributed by atoms with van der Waals surface area (Å²) >= 11 is 0. The number of fused-ring (bicyclic) bond motifs is 1. The molecule has 132 valence electrons. The molecule has 0 bridgehead atoms. The highest BCUT2D eigenvalue weighted by molar-refractivity contribution is 5.95. The molecule has 0 saturated heterocycles. The first-order valence-electron chi connectivity index (χ1n) is 8.50. The predicted octanol–water partition coefficient (Wildman–Crippen LogP) is 3.67. The van der Waals surface area contributed by atoms with Crippen molar-refractivity contribution in [3.8, 4) is 17.2 Å². The quantitative estimate of drug-likeness (QED) is 0.752. The minimum Gasteiger partial charge on any atom is -0.497 e. The van der Waals surface area contributed by atoms with Gasteiger partial charge in [0.1, 0.15) is 23.4 Å². The lowest BCUT2D eigenvalue weighted by atomic mass is 10.1. The van der Waals surface area contributed by atoms with Crippen LogP contribution in [0.15, 0.2) is 48.5 Å². The third kappa shape index (κ3) is 4.24.